The van der Waals surface area contributed by atoms with Crippen molar-refractivity contribution in [3.05, 3.63) is 24.3 Å². The number of aliphatic hydroxyl groups excluding tert-OH is 4. The van der Waals surface area contributed by atoms with E-state index >= 15 is 0 Å². The lowest BCUT2D eigenvalue weighted by Crippen LogP contribution is -2.40. The van der Waals surface area contributed by atoms with E-state index in [9.17, 15) is 24.9 Å². The smallest absolute Gasteiger partial charge is 0.240 e. The zero-order valence-corrected chi connectivity index (χ0v) is 15.4. The molecule has 10 heteroatoms. The molecule has 0 aliphatic rings. The Morgan fingerprint density at radius 1 is 1.04 bits per heavy atom. The van der Waals surface area contributed by atoms with Gasteiger partial charge in [0.1, 0.15) is 24.1 Å². The first-order chi connectivity index (χ1) is 13.3. The minimum atomic E-state index is -1.62. The van der Waals surface area contributed by atoms with Crippen LogP contribution in [0.2, 0.25) is 0 Å². The van der Waals surface area contributed by atoms with Gasteiger partial charge in [0, 0.05) is 12.8 Å². The van der Waals surface area contributed by atoms with Gasteiger partial charge in [0.15, 0.2) is 0 Å². The van der Waals surface area contributed by atoms with E-state index in [0.717, 1.165) is 6.21 Å². The first kappa shape index (κ1) is 23.5. The van der Waals surface area contributed by atoms with Crippen LogP contribution < -0.4 is 10.7 Å². The summed E-state index contributed by atoms with van der Waals surface area (Å²) in [5.74, 6) is -0.635. The number of hydrogen-bond acceptors (Lipinski definition) is 8. The molecule has 0 spiro atoms. The molecule has 7 N–H and O–H groups in total. The van der Waals surface area contributed by atoms with Crippen LogP contribution in [0.1, 0.15) is 32.1 Å². The molecule has 0 radical (unpaired) electrons. The fraction of sp³-hybridized carbons (Fsp3) is 0.500. The molecule has 0 unspecified atom stereocenters. The molecule has 0 aliphatic carbocycles. The summed E-state index contributed by atoms with van der Waals surface area (Å²) in [6.07, 6.45) is -1.67. The number of amides is 2. The number of hydrogen-bond donors (Lipinski definition) is 7. The molecule has 0 aromatic heterocycles. The van der Waals surface area contributed by atoms with Gasteiger partial charge in [-0.3, -0.25) is 9.59 Å². The van der Waals surface area contributed by atoms with Gasteiger partial charge in [-0.25, -0.2) is 5.43 Å². The highest BCUT2D eigenvalue weighted by molar-refractivity contribution is 5.92. The largest absolute Gasteiger partial charge is 0.506 e. The number of nitrogens with one attached hydrogen (secondary N) is 2. The second kappa shape index (κ2) is 12.8. The maximum Gasteiger partial charge on any atom is 0.240 e. The fourth-order valence-corrected chi connectivity index (χ4v) is 2.21. The number of aromatic hydroxyl groups is 1. The highest BCUT2D eigenvalue weighted by Crippen LogP contribution is 2.21. The van der Waals surface area contributed by atoms with Gasteiger partial charge in [0.05, 0.1) is 18.5 Å². The molecule has 0 heterocycles. The first-order valence-corrected chi connectivity index (χ1v) is 8.90. The summed E-state index contributed by atoms with van der Waals surface area (Å²) in [7, 11) is 0. The molecular formula is C18H27N3O7. The topological polar surface area (TPSA) is 172 Å². The lowest BCUT2D eigenvalue weighted by Gasteiger charge is -2.17. The summed E-state index contributed by atoms with van der Waals surface area (Å²) in [4.78, 5) is 23.4. The molecule has 0 saturated heterocycles. The number of nitrogens with zero attached hydrogens (tertiary/aromatic N) is 1. The molecule has 10 nitrogen and oxygen atoms in total. The molecule has 0 saturated carbocycles. The summed E-state index contributed by atoms with van der Waals surface area (Å²) >= 11 is 0. The molecule has 0 bridgehead atoms. The summed E-state index contributed by atoms with van der Waals surface area (Å²) < 4.78 is 0. The Kier molecular flexibility index (Phi) is 10.7. The van der Waals surface area contributed by atoms with Crippen molar-refractivity contribution >= 4 is 23.7 Å². The molecule has 156 valence electrons. The molecule has 2 amide bonds. The van der Waals surface area contributed by atoms with Crippen LogP contribution in [0, 0.1) is 0 Å². The molecule has 0 aliphatic heterocycles. The maximum atomic E-state index is 11.8. The number of unbranched alkanes of at least 4 members (excludes halogenated alkanes) is 2. The summed E-state index contributed by atoms with van der Waals surface area (Å²) in [6.45, 7) is -0.719. The Hall–Kier alpha value is -2.53. The van der Waals surface area contributed by atoms with E-state index in [4.69, 9.17) is 10.2 Å². The van der Waals surface area contributed by atoms with Crippen LogP contribution in [0.15, 0.2) is 29.4 Å². The Balaban J connectivity index is 2.15. The van der Waals surface area contributed by atoms with Crippen molar-refractivity contribution in [2.24, 2.45) is 5.10 Å². The monoisotopic (exact) mass is 397 g/mol. The standard InChI is InChI=1S/C18H27N3O7/c22-11-15(25)18(28)14(24)10-19-21-17(27)9-3-1-2-8-16(26)20-12-6-4-5-7-13(12)23/h4-7,10,14-15,18,22-25,28H,1-3,8-9,11H2,(H,20,26)(H,21,27)/b19-10+/t14-,15-,18+/m1/s1. The predicted octanol–water partition coefficient (Wildman–Crippen LogP) is -0.542. The molecular weight excluding hydrogens is 370 g/mol. The van der Waals surface area contributed by atoms with Gasteiger partial charge in [-0.2, -0.15) is 5.10 Å². The van der Waals surface area contributed by atoms with Crippen LogP contribution >= 0.6 is 0 Å². The molecule has 3 atom stereocenters. The van der Waals surface area contributed by atoms with Gasteiger partial charge in [0.25, 0.3) is 0 Å². The lowest BCUT2D eigenvalue weighted by molar-refractivity contribution is -0.121. The minimum Gasteiger partial charge on any atom is -0.506 e. The van der Waals surface area contributed by atoms with Crippen LogP contribution in [0.5, 0.6) is 5.75 Å². The van der Waals surface area contributed by atoms with Gasteiger partial charge in [-0.15, -0.1) is 0 Å². The number of carbonyl (C=O) groups excluding carboxylic acids is 2. The first-order valence-electron chi connectivity index (χ1n) is 8.90. The number of aliphatic hydroxyl groups is 4. The number of phenolic OH excluding ortho intramolecular Hbond substituents is 1. The van der Waals surface area contributed by atoms with Crippen LogP contribution in [-0.4, -0.2) is 68.5 Å². The van der Waals surface area contributed by atoms with Crippen molar-refractivity contribution in [2.45, 2.75) is 50.4 Å². The highest BCUT2D eigenvalue weighted by Gasteiger charge is 2.22. The number of benzene rings is 1. The van der Waals surface area contributed by atoms with E-state index < -0.39 is 30.8 Å². The summed E-state index contributed by atoms with van der Waals surface area (Å²) in [6, 6.07) is 6.43. The Bertz CT molecular complexity index is 654. The zero-order chi connectivity index (χ0) is 20.9. The quantitative estimate of drug-likeness (QED) is 0.107. The van der Waals surface area contributed by atoms with Crippen molar-refractivity contribution in [1.82, 2.24) is 5.43 Å². The van der Waals surface area contributed by atoms with E-state index in [1.54, 1.807) is 18.2 Å². The van der Waals surface area contributed by atoms with Crippen LogP contribution in [0.4, 0.5) is 5.69 Å². The molecule has 1 rings (SSSR count). The van der Waals surface area contributed by atoms with Gasteiger partial charge in [0.2, 0.25) is 11.8 Å². The number of anilines is 1. The average Bonchev–Trinajstić information content (AvgIpc) is 2.68. The van der Waals surface area contributed by atoms with Crippen molar-refractivity contribution < 1.29 is 35.1 Å². The fourth-order valence-electron chi connectivity index (χ4n) is 2.21. The van der Waals surface area contributed by atoms with Crippen molar-refractivity contribution in [2.75, 3.05) is 11.9 Å². The SMILES string of the molecule is O=C(CCCCCC(=O)Nc1ccccc1O)N/N=C/[C@@H](O)[C@H](O)[C@H](O)CO. The molecule has 1 aromatic carbocycles. The minimum absolute atomic E-state index is 0.00316. The van der Waals surface area contributed by atoms with Gasteiger partial charge < -0.3 is 30.8 Å². The normalized spacial score (nSPS) is 14.4. The Labute approximate surface area is 162 Å². The maximum absolute atomic E-state index is 11.8. The highest BCUT2D eigenvalue weighted by atomic mass is 16.4. The van der Waals surface area contributed by atoms with Crippen molar-refractivity contribution in [3.8, 4) is 5.75 Å². The summed E-state index contributed by atoms with van der Waals surface area (Å²) in [5, 5.41) is 52.3. The van der Waals surface area contributed by atoms with E-state index in [-0.39, 0.29) is 24.5 Å². The number of para-hydroxylation sites is 2. The lowest BCUT2D eigenvalue weighted by atomic mass is 10.1. The average molecular weight is 397 g/mol. The number of carbonyl (C=O) groups is 2. The number of rotatable bonds is 12. The zero-order valence-electron chi connectivity index (χ0n) is 15.4. The molecule has 0 fully saturated rings. The van der Waals surface area contributed by atoms with E-state index in [1.165, 1.54) is 6.07 Å². The van der Waals surface area contributed by atoms with Crippen LogP contribution in [0.3, 0.4) is 0 Å². The van der Waals surface area contributed by atoms with Crippen LogP contribution in [0.25, 0.3) is 0 Å². The van der Waals surface area contributed by atoms with E-state index in [0.29, 0.717) is 24.9 Å². The predicted molar refractivity (Wildman–Crippen MR) is 102 cm³/mol. The van der Waals surface area contributed by atoms with E-state index in [2.05, 4.69) is 15.8 Å². The Morgan fingerprint density at radius 3 is 2.32 bits per heavy atom. The second-order valence-corrected chi connectivity index (χ2v) is 6.17. The van der Waals surface area contributed by atoms with Gasteiger partial charge >= 0.3 is 0 Å². The second-order valence-electron chi connectivity index (χ2n) is 6.17. The molecule has 1 aromatic rings. The van der Waals surface area contributed by atoms with Crippen LogP contribution in [-0.2, 0) is 9.59 Å². The third kappa shape index (κ3) is 8.91. The van der Waals surface area contributed by atoms with Crippen molar-refractivity contribution in [3.63, 3.8) is 0 Å². The number of phenols is 1. The Morgan fingerprint density at radius 2 is 1.68 bits per heavy atom. The third-order valence-electron chi connectivity index (χ3n) is 3.83. The van der Waals surface area contributed by atoms with Gasteiger partial charge in [-0.1, -0.05) is 18.6 Å². The third-order valence-corrected chi connectivity index (χ3v) is 3.83. The number of hydrazone groups is 1. The summed E-state index contributed by atoms with van der Waals surface area (Å²) in [5.41, 5.74) is 2.52. The molecule has 28 heavy (non-hydrogen) atoms. The van der Waals surface area contributed by atoms with E-state index in [1.807, 2.05) is 0 Å². The van der Waals surface area contributed by atoms with Gasteiger partial charge in [-0.05, 0) is 25.0 Å². The van der Waals surface area contributed by atoms with Crippen molar-refractivity contribution in [1.29, 1.82) is 0 Å².